The molecule has 160 valence electrons. The van der Waals surface area contributed by atoms with Gasteiger partial charge in [0.05, 0.1) is 22.2 Å². The molecule has 0 saturated carbocycles. The Kier molecular flexibility index (Phi) is 5.95. The van der Waals surface area contributed by atoms with E-state index in [9.17, 15) is 26.8 Å². The molecule has 1 amide bonds. The van der Waals surface area contributed by atoms with Crippen LogP contribution >= 0.6 is 11.3 Å². The standard InChI is InChI=1S/C19H19F2N3O4S2/c1-4-23-16-8-5-12(9-17(16)29-19(23)26)22-18(25)11(2)24(30(3,27)28)13-6-7-14(20)15(21)10-13/h5-11H,4H2,1-3H3,(H,22,25). The zero-order valence-corrected chi connectivity index (χ0v) is 18.0. The third-order valence-electron chi connectivity index (χ3n) is 4.50. The normalized spacial score (nSPS) is 12.7. The first-order valence-corrected chi connectivity index (χ1v) is 11.6. The second-order valence-electron chi connectivity index (χ2n) is 6.62. The number of hydrogen-bond acceptors (Lipinski definition) is 5. The molecule has 1 unspecified atom stereocenters. The summed E-state index contributed by atoms with van der Waals surface area (Å²) in [5.41, 5.74) is 0.938. The molecule has 30 heavy (non-hydrogen) atoms. The fraction of sp³-hybridized carbons (Fsp3) is 0.263. The summed E-state index contributed by atoms with van der Waals surface area (Å²) in [6.07, 6.45) is 0.870. The number of carbonyl (C=O) groups excluding carboxylic acids is 1. The molecule has 0 aliphatic carbocycles. The summed E-state index contributed by atoms with van der Waals surface area (Å²) >= 11 is 1.04. The highest BCUT2D eigenvalue weighted by Gasteiger charge is 2.30. The summed E-state index contributed by atoms with van der Waals surface area (Å²) in [6.45, 7) is 3.70. The minimum Gasteiger partial charge on any atom is -0.324 e. The van der Waals surface area contributed by atoms with E-state index in [1.807, 2.05) is 6.92 Å². The van der Waals surface area contributed by atoms with E-state index in [1.54, 1.807) is 22.8 Å². The van der Waals surface area contributed by atoms with Crippen LogP contribution in [0, 0.1) is 11.6 Å². The quantitative estimate of drug-likeness (QED) is 0.619. The maximum Gasteiger partial charge on any atom is 0.308 e. The van der Waals surface area contributed by atoms with Gasteiger partial charge in [-0.05, 0) is 44.2 Å². The zero-order chi connectivity index (χ0) is 22.2. The number of nitrogens with one attached hydrogen (secondary N) is 1. The molecular weight excluding hydrogens is 436 g/mol. The number of sulfonamides is 1. The van der Waals surface area contributed by atoms with Crippen LogP contribution in [0.25, 0.3) is 10.2 Å². The van der Waals surface area contributed by atoms with E-state index in [1.165, 1.54) is 6.92 Å². The van der Waals surface area contributed by atoms with Crippen LogP contribution in [0.5, 0.6) is 0 Å². The van der Waals surface area contributed by atoms with Crippen LogP contribution in [0.1, 0.15) is 13.8 Å². The van der Waals surface area contributed by atoms with Crippen LogP contribution < -0.4 is 14.5 Å². The fourth-order valence-electron chi connectivity index (χ4n) is 3.12. The molecule has 2 aromatic carbocycles. The Morgan fingerprint density at radius 1 is 1.20 bits per heavy atom. The number of anilines is 2. The number of carbonyl (C=O) groups is 1. The number of fused-ring (bicyclic) bond motifs is 1. The van der Waals surface area contributed by atoms with Gasteiger partial charge in [0.1, 0.15) is 6.04 Å². The largest absolute Gasteiger partial charge is 0.324 e. The number of thiazole rings is 1. The van der Waals surface area contributed by atoms with E-state index in [-0.39, 0.29) is 10.6 Å². The van der Waals surface area contributed by atoms with Crippen molar-refractivity contribution in [2.45, 2.75) is 26.4 Å². The lowest BCUT2D eigenvalue weighted by Gasteiger charge is -2.28. The lowest BCUT2D eigenvalue weighted by molar-refractivity contribution is -0.116. The number of aryl methyl sites for hydroxylation is 1. The molecule has 3 rings (SSSR count). The van der Waals surface area contributed by atoms with Gasteiger partial charge in [0.2, 0.25) is 15.9 Å². The minimum absolute atomic E-state index is 0.120. The molecule has 1 heterocycles. The van der Waals surface area contributed by atoms with Gasteiger partial charge in [-0.15, -0.1) is 0 Å². The number of amides is 1. The molecule has 0 fully saturated rings. The molecular formula is C19H19F2N3O4S2. The average Bonchev–Trinajstić information content (AvgIpc) is 2.97. The zero-order valence-electron chi connectivity index (χ0n) is 16.3. The number of aromatic nitrogens is 1. The van der Waals surface area contributed by atoms with Crippen LogP contribution in [0.15, 0.2) is 41.2 Å². The Morgan fingerprint density at radius 2 is 1.90 bits per heavy atom. The average molecular weight is 456 g/mol. The van der Waals surface area contributed by atoms with Gasteiger partial charge >= 0.3 is 4.87 Å². The topological polar surface area (TPSA) is 88.5 Å². The number of halogens is 2. The summed E-state index contributed by atoms with van der Waals surface area (Å²) < 4.78 is 54.4. The fourth-order valence-corrected chi connectivity index (χ4v) is 5.28. The van der Waals surface area contributed by atoms with Crippen molar-refractivity contribution in [3.8, 4) is 0 Å². The van der Waals surface area contributed by atoms with E-state index in [0.29, 0.717) is 16.9 Å². The van der Waals surface area contributed by atoms with Gasteiger partial charge < -0.3 is 5.32 Å². The second-order valence-corrected chi connectivity index (χ2v) is 9.47. The summed E-state index contributed by atoms with van der Waals surface area (Å²) in [7, 11) is -3.98. The van der Waals surface area contributed by atoms with E-state index in [4.69, 9.17) is 0 Å². The maximum atomic E-state index is 13.6. The molecule has 1 N–H and O–H groups in total. The third kappa shape index (κ3) is 4.21. The Morgan fingerprint density at radius 3 is 2.50 bits per heavy atom. The van der Waals surface area contributed by atoms with E-state index in [0.717, 1.165) is 45.6 Å². The predicted octanol–water partition coefficient (Wildman–Crippen LogP) is 3.15. The molecule has 7 nitrogen and oxygen atoms in total. The van der Waals surface area contributed by atoms with Crippen molar-refractivity contribution in [2.75, 3.05) is 15.9 Å². The van der Waals surface area contributed by atoms with Crippen LogP contribution in [-0.2, 0) is 21.4 Å². The number of benzene rings is 2. The summed E-state index contributed by atoms with van der Waals surface area (Å²) in [6, 6.07) is 6.27. The molecule has 11 heteroatoms. The van der Waals surface area contributed by atoms with Gasteiger partial charge in [-0.1, -0.05) is 11.3 Å². The van der Waals surface area contributed by atoms with E-state index < -0.39 is 33.6 Å². The van der Waals surface area contributed by atoms with Gasteiger partial charge in [0, 0.05) is 18.3 Å². The van der Waals surface area contributed by atoms with E-state index >= 15 is 0 Å². The van der Waals surface area contributed by atoms with Gasteiger partial charge in [-0.2, -0.15) is 0 Å². The Balaban J connectivity index is 1.91. The van der Waals surface area contributed by atoms with Crippen molar-refractivity contribution in [2.24, 2.45) is 0 Å². The van der Waals surface area contributed by atoms with Crippen LogP contribution in [0.2, 0.25) is 0 Å². The van der Waals surface area contributed by atoms with Crippen molar-refractivity contribution >= 4 is 48.9 Å². The number of hydrogen-bond donors (Lipinski definition) is 1. The van der Waals surface area contributed by atoms with Gasteiger partial charge in [0.25, 0.3) is 0 Å². The van der Waals surface area contributed by atoms with Gasteiger partial charge in [-0.25, -0.2) is 17.2 Å². The monoisotopic (exact) mass is 455 g/mol. The van der Waals surface area contributed by atoms with Crippen molar-refractivity contribution in [3.05, 3.63) is 57.7 Å². The first-order chi connectivity index (χ1) is 14.0. The number of rotatable bonds is 6. The van der Waals surface area contributed by atoms with Crippen molar-refractivity contribution < 1.29 is 22.0 Å². The van der Waals surface area contributed by atoms with Gasteiger partial charge in [-0.3, -0.25) is 18.5 Å². The second kappa shape index (κ2) is 8.15. The molecule has 0 spiro atoms. The molecule has 1 atom stereocenters. The highest BCUT2D eigenvalue weighted by molar-refractivity contribution is 7.92. The Hall–Kier alpha value is -2.79. The minimum atomic E-state index is -3.98. The third-order valence-corrected chi connectivity index (χ3v) is 6.68. The van der Waals surface area contributed by atoms with Crippen LogP contribution in [0.4, 0.5) is 20.2 Å². The predicted molar refractivity (Wildman–Crippen MR) is 114 cm³/mol. The summed E-state index contributed by atoms with van der Waals surface area (Å²) in [5.74, 6) is -3.03. The van der Waals surface area contributed by atoms with Gasteiger partial charge in [0.15, 0.2) is 11.6 Å². The summed E-state index contributed by atoms with van der Waals surface area (Å²) in [4.78, 5) is 24.6. The lowest BCUT2D eigenvalue weighted by Crippen LogP contribution is -2.45. The van der Waals surface area contributed by atoms with Crippen LogP contribution in [0.3, 0.4) is 0 Å². The lowest BCUT2D eigenvalue weighted by atomic mass is 10.2. The smallest absolute Gasteiger partial charge is 0.308 e. The van der Waals surface area contributed by atoms with Crippen molar-refractivity contribution in [3.63, 3.8) is 0 Å². The Labute approximate surface area is 175 Å². The summed E-state index contributed by atoms with van der Waals surface area (Å²) in [5, 5.41) is 2.61. The SMILES string of the molecule is CCn1c(=O)sc2cc(NC(=O)C(C)N(c3ccc(F)c(F)c3)S(C)(=O)=O)ccc21. The molecule has 0 saturated heterocycles. The highest BCUT2D eigenvalue weighted by atomic mass is 32.2. The first-order valence-electron chi connectivity index (χ1n) is 8.91. The Bertz CT molecular complexity index is 1280. The molecule has 0 radical (unpaired) electrons. The van der Waals surface area contributed by atoms with Crippen molar-refractivity contribution in [1.29, 1.82) is 0 Å². The maximum absolute atomic E-state index is 13.6. The molecule has 0 aliphatic rings. The van der Waals surface area contributed by atoms with Crippen molar-refractivity contribution in [1.82, 2.24) is 4.57 Å². The first kappa shape index (κ1) is 21.9. The molecule has 0 bridgehead atoms. The molecule has 3 aromatic rings. The molecule has 0 aliphatic heterocycles. The number of nitrogens with zero attached hydrogens (tertiary/aromatic N) is 2. The molecule has 1 aromatic heterocycles. The van der Waals surface area contributed by atoms with Crippen LogP contribution in [-0.4, -0.2) is 31.2 Å². The van der Waals surface area contributed by atoms with E-state index in [2.05, 4.69) is 5.32 Å². The highest BCUT2D eigenvalue weighted by Crippen LogP contribution is 2.25.